The molecule has 6 rings (SSSR count). The third-order valence-corrected chi connectivity index (χ3v) is 13.4. The average Bonchev–Trinajstić information content (AvgIpc) is 3.83. The Morgan fingerprint density at radius 2 is 1.25 bits per heavy atom. The maximum Gasteiger partial charge on any atom is 1.00 e. The molecule has 0 unspecified atom stereocenters. The van der Waals surface area contributed by atoms with Gasteiger partial charge in [0.2, 0.25) is 5.69 Å². The summed E-state index contributed by atoms with van der Waals surface area (Å²) < 4.78 is 72.6. The molecule has 21 heteroatoms. The van der Waals surface area contributed by atoms with Crippen molar-refractivity contribution in [2.24, 2.45) is 0 Å². The van der Waals surface area contributed by atoms with Gasteiger partial charge in [-0.2, -0.15) is 13.0 Å². The number of fused-ring (bicyclic) bond motifs is 2. The van der Waals surface area contributed by atoms with Crippen LogP contribution in [-0.4, -0.2) is 95.0 Å². The number of hydrogen-bond acceptors (Lipinski definition) is 14. The smallest absolute Gasteiger partial charge is 0.744 e. The fourth-order valence-corrected chi connectivity index (χ4v) is 9.38. The van der Waals surface area contributed by atoms with Crippen molar-refractivity contribution in [2.45, 2.75) is 125 Å². The quantitative estimate of drug-likeness (QED) is 0.0736. The van der Waals surface area contributed by atoms with Gasteiger partial charge in [-0.3, -0.25) is 23.7 Å². The Labute approximate surface area is 414 Å². The van der Waals surface area contributed by atoms with Gasteiger partial charge < -0.3 is 19.1 Å². The first-order valence-electron chi connectivity index (χ1n) is 20.7. The van der Waals surface area contributed by atoms with Gasteiger partial charge in [-0.15, -0.1) is 10.1 Å². The van der Waals surface area contributed by atoms with Crippen molar-refractivity contribution in [1.82, 2.24) is 10.1 Å². The van der Waals surface area contributed by atoms with Gasteiger partial charge in [-0.1, -0.05) is 26.3 Å². The van der Waals surface area contributed by atoms with E-state index in [1.54, 1.807) is 12.1 Å². The van der Waals surface area contributed by atoms with Crippen LogP contribution in [0.1, 0.15) is 116 Å². The number of carbonyl (C=O) groups excluding carboxylic acids is 6. The summed E-state index contributed by atoms with van der Waals surface area (Å²) in [6.07, 6.45) is 8.64. The number of nitrogens with zero attached hydrogens (tertiary/aromatic N) is 4. The fraction of sp³-hybridized carbons (Fsp3) is 0.465. The van der Waals surface area contributed by atoms with Gasteiger partial charge in [0.15, 0.2) is 5.71 Å². The van der Waals surface area contributed by atoms with E-state index in [0.29, 0.717) is 84.2 Å². The molecule has 0 aromatic heterocycles. The largest absolute Gasteiger partial charge is 1.00 e. The van der Waals surface area contributed by atoms with Crippen molar-refractivity contribution in [1.29, 1.82) is 0 Å². The third-order valence-electron chi connectivity index (χ3n) is 11.7. The summed E-state index contributed by atoms with van der Waals surface area (Å²) in [5.41, 5.74) is 2.68. The molecular formula is C43H50KN4O14S2+. The Morgan fingerprint density at radius 3 is 1.78 bits per heavy atom. The van der Waals surface area contributed by atoms with Crippen LogP contribution in [-0.2, 0) is 69.5 Å². The zero-order valence-corrected chi connectivity index (χ0v) is 41.2. The molecule has 18 nitrogen and oxygen atoms in total. The van der Waals surface area contributed by atoms with E-state index in [9.17, 15) is 54.7 Å². The van der Waals surface area contributed by atoms with Crippen LogP contribution in [0, 0.1) is 0 Å². The molecule has 0 radical (unpaired) electrons. The second kappa shape index (κ2) is 20.3. The number of unbranched alkanes of at least 4 members (excludes halogenated alkanes) is 4. The number of anilines is 1. The summed E-state index contributed by atoms with van der Waals surface area (Å²) in [7, 11) is -9.30. The van der Waals surface area contributed by atoms with Crippen LogP contribution in [0.4, 0.5) is 11.4 Å². The number of carbonyl (C=O) groups is 6. The number of hydrogen-bond donors (Lipinski definition) is 1. The van der Waals surface area contributed by atoms with Gasteiger partial charge in [-0.05, 0) is 81.5 Å². The molecule has 2 saturated heterocycles. The molecule has 2 aromatic rings. The molecule has 2 aromatic carbocycles. The van der Waals surface area contributed by atoms with E-state index >= 15 is 0 Å². The Morgan fingerprint density at radius 1 is 0.734 bits per heavy atom. The van der Waals surface area contributed by atoms with Gasteiger partial charge in [-0.25, -0.2) is 18.0 Å². The van der Waals surface area contributed by atoms with Crippen molar-refractivity contribution in [3.8, 4) is 0 Å². The summed E-state index contributed by atoms with van der Waals surface area (Å²) in [5.74, 6) is -3.63. The van der Waals surface area contributed by atoms with Crippen LogP contribution in [0.5, 0.6) is 0 Å². The topological polar surface area (TPSA) is 245 Å². The minimum absolute atomic E-state index is 0. The Hall–Kier alpha value is -3.93. The minimum Gasteiger partial charge on any atom is -0.744 e. The first kappa shape index (κ1) is 51.1. The zero-order chi connectivity index (χ0) is 46.1. The molecule has 1 N–H and O–H groups in total. The molecule has 4 amide bonds. The van der Waals surface area contributed by atoms with Crippen LogP contribution in [0.15, 0.2) is 70.1 Å². The van der Waals surface area contributed by atoms with Crippen LogP contribution >= 0.6 is 0 Å². The summed E-state index contributed by atoms with van der Waals surface area (Å²) in [6.45, 7) is 8.55. The van der Waals surface area contributed by atoms with Gasteiger partial charge >= 0.3 is 63.3 Å². The Kier molecular flexibility index (Phi) is 16.2. The van der Waals surface area contributed by atoms with E-state index in [-0.39, 0.29) is 99.7 Å². The van der Waals surface area contributed by atoms with E-state index in [4.69, 9.17) is 9.68 Å². The Balaban J connectivity index is 0.00000771. The van der Waals surface area contributed by atoms with Crippen LogP contribution in [0.25, 0.3) is 0 Å². The molecule has 4 aliphatic rings. The van der Waals surface area contributed by atoms with Crippen molar-refractivity contribution in [3.63, 3.8) is 0 Å². The number of hydroxylamine groups is 4. The normalized spacial score (nSPS) is 18.7. The van der Waals surface area contributed by atoms with Gasteiger partial charge in [0.05, 0.1) is 15.2 Å². The van der Waals surface area contributed by atoms with E-state index in [0.717, 1.165) is 11.4 Å². The van der Waals surface area contributed by atoms with Crippen LogP contribution in [0.2, 0.25) is 0 Å². The van der Waals surface area contributed by atoms with Crippen LogP contribution < -0.4 is 56.3 Å². The molecule has 0 saturated carbocycles. The molecule has 4 heterocycles. The standard InChI is InChI=1S/C43H50N4O14S2.K/c1-42(2)30-26-28(62(54,55)56)16-18-32(30)44(24-9-5-7-14-40(52)60-46-36(48)20-21-37(46)49)34(42)12-11-13-35-43(3,4)31-27-29(63(57,58)59)17-19-33(31)45(35)25-10-6-8-15-41(53)61-47-38(50)22-23-39(47)51;/h11-13,16-19,26-27H,5-10,14-15,20-25H2,1-4H3,(H-,54,55,56,57,58,59);/q;+1. The molecule has 2 fully saturated rings. The molecular weight excluding hydrogens is 900 g/mol. The first-order chi connectivity index (χ1) is 29.5. The minimum atomic E-state index is -4.77. The summed E-state index contributed by atoms with van der Waals surface area (Å²) in [6, 6.07) is 8.65. The number of amides is 4. The number of benzene rings is 2. The molecule has 0 atom stereocenters. The maximum absolute atomic E-state index is 12.4. The fourth-order valence-electron chi connectivity index (χ4n) is 8.38. The second-order valence-corrected chi connectivity index (χ2v) is 19.6. The van der Waals surface area contributed by atoms with E-state index in [2.05, 4.69) is 0 Å². The molecule has 64 heavy (non-hydrogen) atoms. The third kappa shape index (κ3) is 11.2. The van der Waals surface area contributed by atoms with Crippen molar-refractivity contribution < 1.29 is 120 Å². The van der Waals surface area contributed by atoms with Gasteiger partial charge in [0, 0.05) is 86.0 Å². The van der Waals surface area contributed by atoms with Gasteiger partial charge in [0.25, 0.3) is 33.7 Å². The Bertz CT molecular complexity index is 2550. The summed E-state index contributed by atoms with van der Waals surface area (Å²) >= 11 is 0. The predicted molar refractivity (Wildman–Crippen MR) is 222 cm³/mol. The summed E-state index contributed by atoms with van der Waals surface area (Å²) in [5, 5.41) is 1.03. The monoisotopic (exact) mass is 949 g/mol. The van der Waals surface area contributed by atoms with Crippen LogP contribution in [0.3, 0.4) is 0 Å². The zero-order valence-electron chi connectivity index (χ0n) is 36.5. The molecule has 0 spiro atoms. The molecule has 338 valence electrons. The van der Waals surface area contributed by atoms with Gasteiger partial charge in [0.1, 0.15) is 16.7 Å². The number of imide groups is 2. The van der Waals surface area contributed by atoms with E-state index in [1.165, 1.54) is 24.3 Å². The molecule has 0 aliphatic carbocycles. The molecule has 0 bridgehead atoms. The van der Waals surface area contributed by atoms with Crippen molar-refractivity contribution in [2.75, 3.05) is 18.0 Å². The van der Waals surface area contributed by atoms with E-state index in [1.807, 2.05) is 55.4 Å². The summed E-state index contributed by atoms with van der Waals surface area (Å²) in [4.78, 5) is 83.5. The van der Waals surface area contributed by atoms with E-state index < -0.39 is 66.6 Å². The predicted octanol–water partition coefficient (Wildman–Crippen LogP) is 1.79. The first-order valence-corrected chi connectivity index (χ1v) is 23.5. The average molecular weight is 950 g/mol. The molecule has 4 aliphatic heterocycles. The van der Waals surface area contributed by atoms with Crippen molar-refractivity contribution >= 4 is 72.9 Å². The number of allylic oxidation sites excluding steroid dienone is 4. The number of rotatable bonds is 18. The maximum atomic E-state index is 12.4. The second-order valence-electron chi connectivity index (χ2n) is 16.8. The van der Waals surface area contributed by atoms with Crippen molar-refractivity contribution in [3.05, 3.63) is 71.5 Å². The SMILES string of the molecule is CC1(C)C(=CC=CC2=[N+](CCCCCC(=O)ON3C(=O)CCC3=O)c3ccc(S(=O)(=O)[O-])cc3C2(C)C)N(CCCCCC(=O)ON2C(=O)CCC2=O)c2ccc(S(=O)(=O)O)cc21.[K+].